The maximum atomic E-state index is 5.62. The predicted octanol–water partition coefficient (Wildman–Crippen LogP) is 2.74. The summed E-state index contributed by atoms with van der Waals surface area (Å²) >= 11 is 4.77. The van der Waals surface area contributed by atoms with E-state index in [1.165, 1.54) is 11.3 Å². The fourth-order valence-corrected chi connectivity index (χ4v) is 2.69. The number of benzene rings is 1. The van der Waals surface area contributed by atoms with E-state index in [2.05, 4.69) is 26.1 Å². The van der Waals surface area contributed by atoms with E-state index in [-0.39, 0.29) is 0 Å². The molecule has 0 aliphatic carbocycles. The van der Waals surface area contributed by atoms with Gasteiger partial charge in [-0.15, -0.1) is 10.2 Å². The molecule has 2 heterocycles. The Bertz CT molecular complexity index is 529. The lowest BCUT2D eigenvalue weighted by Gasteiger charge is -2.19. The molecule has 1 aliphatic rings. The van der Waals surface area contributed by atoms with Gasteiger partial charge in [0.15, 0.2) is 20.4 Å². The van der Waals surface area contributed by atoms with Crippen molar-refractivity contribution in [1.82, 2.24) is 10.2 Å². The van der Waals surface area contributed by atoms with Gasteiger partial charge < -0.3 is 9.47 Å². The first-order valence-electron chi connectivity index (χ1n) is 4.72. The molecule has 1 aromatic carbocycles. The summed E-state index contributed by atoms with van der Waals surface area (Å²) in [7, 11) is 0. The van der Waals surface area contributed by atoms with Crippen LogP contribution in [0.4, 0.5) is 0 Å². The van der Waals surface area contributed by atoms with Crippen molar-refractivity contribution < 1.29 is 9.47 Å². The van der Waals surface area contributed by atoms with Gasteiger partial charge in [-0.1, -0.05) is 17.4 Å². The molecule has 16 heavy (non-hydrogen) atoms. The Labute approximate surface area is 104 Å². The minimum absolute atomic E-state index is 0.573. The Kier molecular flexibility index (Phi) is 2.53. The van der Waals surface area contributed by atoms with E-state index < -0.39 is 0 Å². The molecule has 0 spiro atoms. The monoisotopic (exact) mass is 298 g/mol. The SMILES string of the molecule is Brc1nnc(-c2cccc3c2OCCO3)s1. The summed E-state index contributed by atoms with van der Waals surface area (Å²) in [6.07, 6.45) is 0. The van der Waals surface area contributed by atoms with Crippen molar-refractivity contribution in [2.45, 2.75) is 0 Å². The van der Waals surface area contributed by atoms with Crippen LogP contribution in [-0.2, 0) is 0 Å². The number of hydrogen-bond donors (Lipinski definition) is 0. The van der Waals surface area contributed by atoms with Crippen LogP contribution < -0.4 is 9.47 Å². The zero-order valence-electron chi connectivity index (χ0n) is 8.14. The molecule has 0 atom stereocenters. The zero-order chi connectivity index (χ0) is 11.0. The second-order valence-electron chi connectivity index (χ2n) is 3.19. The second kappa shape index (κ2) is 4.03. The number of hydrogen-bond acceptors (Lipinski definition) is 5. The number of ether oxygens (including phenoxy) is 2. The molecule has 6 heteroatoms. The molecule has 4 nitrogen and oxygen atoms in total. The fourth-order valence-electron chi connectivity index (χ4n) is 1.56. The first-order valence-corrected chi connectivity index (χ1v) is 6.33. The van der Waals surface area contributed by atoms with Crippen LogP contribution in [0.25, 0.3) is 10.6 Å². The highest BCUT2D eigenvalue weighted by atomic mass is 79.9. The molecule has 2 aromatic rings. The van der Waals surface area contributed by atoms with Crippen LogP contribution in [0.3, 0.4) is 0 Å². The van der Waals surface area contributed by atoms with Crippen LogP contribution in [-0.4, -0.2) is 23.4 Å². The summed E-state index contributed by atoms with van der Waals surface area (Å²) < 4.78 is 11.9. The summed E-state index contributed by atoms with van der Waals surface area (Å²) in [6.45, 7) is 1.17. The third-order valence-corrected chi connectivity index (χ3v) is 3.59. The van der Waals surface area contributed by atoms with Crippen LogP contribution in [0.2, 0.25) is 0 Å². The van der Waals surface area contributed by atoms with Gasteiger partial charge in [-0.3, -0.25) is 0 Å². The number of fused-ring (bicyclic) bond motifs is 1. The molecule has 0 saturated carbocycles. The number of aromatic nitrogens is 2. The molecule has 0 radical (unpaired) electrons. The Morgan fingerprint density at radius 2 is 2.06 bits per heavy atom. The quantitative estimate of drug-likeness (QED) is 0.812. The average molecular weight is 299 g/mol. The summed E-state index contributed by atoms with van der Waals surface area (Å²) in [5.74, 6) is 1.53. The molecule has 0 amide bonds. The molecule has 0 unspecified atom stereocenters. The van der Waals surface area contributed by atoms with Crippen molar-refractivity contribution in [2.24, 2.45) is 0 Å². The highest BCUT2D eigenvalue weighted by molar-refractivity contribution is 9.11. The summed E-state index contributed by atoms with van der Waals surface area (Å²) in [4.78, 5) is 0. The molecular formula is C10H7BrN2O2S. The van der Waals surface area contributed by atoms with Gasteiger partial charge in [0.25, 0.3) is 0 Å². The van der Waals surface area contributed by atoms with Gasteiger partial charge in [-0.05, 0) is 28.1 Å². The van der Waals surface area contributed by atoms with E-state index in [1.54, 1.807) is 0 Å². The minimum atomic E-state index is 0.573. The molecule has 0 fully saturated rings. The number of halogens is 1. The van der Waals surface area contributed by atoms with Gasteiger partial charge in [0.2, 0.25) is 0 Å². The molecule has 0 bridgehead atoms. The predicted molar refractivity (Wildman–Crippen MR) is 64.0 cm³/mol. The van der Waals surface area contributed by atoms with Crippen molar-refractivity contribution in [3.8, 4) is 22.1 Å². The lowest BCUT2D eigenvalue weighted by atomic mass is 10.2. The third-order valence-electron chi connectivity index (χ3n) is 2.20. The van der Waals surface area contributed by atoms with Crippen molar-refractivity contribution in [3.05, 3.63) is 22.1 Å². The van der Waals surface area contributed by atoms with Crippen molar-refractivity contribution in [3.63, 3.8) is 0 Å². The number of rotatable bonds is 1. The minimum Gasteiger partial charge on any atom is -0.486 e. The fraction of sp³-hybridized carbons (Fsp3) is 0.200. The molecular weight excluding hydrogens is 292 g/mol. The largest absolute Gasteiger partial charge is 0.486 e. The van der Waals surface area contributed by atoms with Gasteiger partial charge in [0.05, 0.1) is 5.56 Å². The van der Waals surface area contributed by atoms with E-state index in [0.29, 0.717) is 13.2 Å². The van der Waals surface area contributed by atoms with Crippen molar-refractivity contribution >= 4 is 27.3 Å². The van der Waals surface area contributed by atoms with Gasteiger partial charge in [0.1, 0.15) is 13.2 Å². The lowest BCUT2D eigenvalue weighted by molar-refractivity contribution is 0.172. The van der Waals surface area contributed by atoms with Gasteiger partial charge in [-0.2, -0.15) is 0 Å². The summed E-state index contributed by atoms with van der Waals surface area (Å²) in [5, 5.41) is 8.84. The first-order chi connectivity index (χ1) is 7.84. The van der Waals surface area contributed by atoms with Gasteiger partial charge in [0, 0.05) is 0 Å². The Morgan fingerprint density at radius 1 is 1.19 bits per heavy atom. The van der Waals surface area contributed by atoms with Gasteiger partial charge in [-0.25, -0.2) is 0 Å². The molecule has 0 saturated heterocycles. The van der Waals surface area contributed by atoms with Crippen LogP contribution in [0.5, 0.6) is 11.5 Å². The smallest absolute Gasteiger partial charge is 0.183 e. The van der Waals surface area contributed by atoms with Crippen LogP contribution in [0, 0.1) is 0 Å². The molecule has 1 aromatic heterocycles. The second-order valence-corrected chi connectivity index (χ2v) is 5.44. The van der Waals surface area contributed by atoms with Crippen LogP contribution >= 0.6 is 27.3 Å². The zero-order valence-corrected chi connectivity index (χ0v) is 10.5. The molecule has 0 N–H and O–H groups in total. The van der Waals surface area contributed by atoms with E-state index in [1.807, 2.05) is 18.2 Å². The van der Waals surface area contributed by atoms with Crippen molar-refractivity contribution in [1.29, 1.82) is 0 Å². The normalized spacial score (nSPS) is 13.8. The van der Waals surface area contributed by atoms with E-state index in [4.69, 9.17) is 9.47 Å². The van der Waals surface area contributed by atoms with Crippen LogP contribution in [0.1, 0.15) is 0 Å². The van der Waals surface area contributed by atoms with Crippen molar-refractivity contribution in [2.75, 3.05) is 13.2 Å². The molecule has 82 valence electrons. The molecule has 1 aliphatic heterocycles. The number of para-hydroxylation sites is 1. The Balaban J connectivity index is 2.13. The molecule has 3 rings (SSSR count). The summed E-state index contributed by atoms with van der Waals surface area (Å²) in [6, 6.07) is 5.78. The van der Waals surface area contributed by atoms with E-state index >= 15 is 0 Å². The summed E-state index contributed by atoms with van der Waals surface area (Å²) in [5.41, 5.74) is 0.931. The first kappa shape index (κ1) is 10.0. The van der Waals surface area contributed by atoms with Gasteiger partial charge >= 0.3 is 0 Å². The average Bonchev–Trinajstić information content (AvgIpc) is 2.75. The topological polar surface area (TPSA) is 44.2 Å². The van der Waals surface area contributed by atoms with E-state index in [0.717, 1.165) is 26.0 Å². The maximum absolute atomic E-state index is 5.62. The standard InChI is InChI=1S/C10H7BrN2O2S/c11-10-13-12-9(16-10)6-2-1-3-7-8(6)15-5-4-14-7/h1-3H,4-5H2. The highest BCUT2D eigenvalue weighted by Gasteiger charge is 2.18. The highest BCUT2D eigenvalue weighted by Crippen LogP contribution is 2.41. The third kappa shape index (κ3) is 1.68. The number of nitrogens with zero attached hydrogens (tertiary/aromatic N) is 2. The van der Waals surface area contributed by atoms with E-state index in [9.17, 15) is 0 Å². The van der Waals surface area contributed by atoms with Crippen LogP contribution in [0.15, 0.2) is 22.1 Å². The lowest BCUT2D eigenvalue weighted by Crippen LogP contribution is -2.15. The Hall–Kier alpha value is -1.14. The maximum Gasteiger partial charge on any atom is 0.183 e. The Morgan fingerprint density at radius 3 is 2.88 bits per heavy atom.